The average molecular weight is 375 g/mol. The monoisotopic (exact) mass is 375 g/mol. The predicted molar refractivity (Wildman–Crippen MR) is 106 cm³/mol. The van der Waals surface area contributed by atoms with E-state index >= 15 is 0 Å². The summed E-state index contributed by atoms with van der Waals surface area (Å²) in [6.45, 7) is 3.83. The van der Waals surface area contributed by atoms with Crippen LogP contribution in [0.1, 0.15) is 16.1 Å². The molecule has 3 aromatic rings. The maximum Gasteiger partial charge on any atom is 0.276 e. The first-order valence-corrected chi connectivity index (χ1v) is 8.97. The lowest BCUT2D eigenvalue weighted by Gasteiger charge is -2.10. The van der Waals surface area contributed by atoms with Crippen LogP contribution in [0, 0.1) is 11.3 Å². The maximum atomic E-state index is 12.1. The molecular formula is C21H21N5O2. The molecule has 28 heavy (non-hydrogen) atoms. The number of anilines is 1. The second-order valence-corrected chi connectivity index (χ2v) is 5.99. The Morgan fingerprint density at radius 1 is 1.07 bits per heavy atom. The molecule has 2 heterocycles. The first kappa shape index (κ1) is 19.3. The number of benzene rings is 2. The van der Waals surface area contributed by atoms with Gasteiger partial charge in [0.25, 0.3) is 5.91 Å². The van der Waals surface area contributed by atoms with Crippen molar-refractivity contribution in [1.82, 2.24) is 15.1 Å². The number of amides is 1. The van der Waals surface area contributed by atoms with Gasteiger partial charge in [0.15, 0.2) is 5.69 Å². The van der Waals surface area contributed by atoms with E-state index in [1.54, 1.807) is 41.2 Å². The standard InChI is InChI=1S/C17H12N4O.C4H9NO/c18-12-13-6-8-15(9-7-13)21-11-10-16(20-21)17(22)19-14-4-2-1-3-5-14;1-3-6-4-2-5-1/h1-11H,(H,19,22);5H,1-4H2. The molecule has 0 unspecified atom stereocenters. The lowest BCUT2D eigenvalue weighted by Crippen LogP contribution is -2.30. The Labute approximate surface area is 163 Å². The Morgan fingerprint density at radius 2 is 1.79 bits per heavy atom. The van der Waals surface area contributed by atoms with Gasteiger partial charge in [-0.15, -0.1) is 0 Å². The molecule has 0 bridgehead atoms. The Kier molecular flexibility index (Phi) is 6.90. The minimum absolute atomic E-state index is 0.265. The molecule has 1 fully saturated rings. The van der Waals surface area contributed by atoms with Gasteiger partial charge in [-0.2, -0.15) is 10.4 Å². The average Bonchev–Trinajstić information content (AvgIpc) is 3.27. The van der Waals surface area contributed by atoms with Crippen molar-refractivity contribution in [3.63, 3.8) is 0 Å². The summed E-state index contributed by atoms with van der Waals surface area (Å²) in [5.41, 5.74) is 2.42. The van der Waals surface area contributed by atoms with Crippen molar-refractivity contribution in [1.29, 1.82) is 5.26 Å². The summed E-state index contributed by atoms with van der Waals surface area (Å²) < 4.78 is 6.61. The quantitative estimate of drug-likeness (QED) is 0.734. The lowest BCUT2D eigenvalue weighted by atomic mass is 10.2. The van der Waals surface area contributed by atoms with E-state index in [0.717, 1.165) is 37.7 Å². The molecule has 7 heteroatoms. The highest BCUT2D eigenvalue weighted by molar-refractivity contribution is 6.02. The maximum absolute atomic E-state index is 12.1. The highest BCUT2D eigenvalue weighted by Crippen LogP contribution is 2.11. The summed E-state index contributed by atoms with van der Waals surface area (Å²) in [4.78, 5) is 12.1. The fourth-order valence-corrected chi connectivity index (χ4v) is 2.51. The van der Waals surface area contributed by atoms with Gasteiger partial charge in [-0.1, -0.05) is 18.2 Å². The molecule has 0 saturated carbocycles. The van der Waals surface area contributed by atoms with E-state index < -0.39 is 0 Å². The lowest BCUT2D eigenvalue weighted by molar-refractivity contribution is 0.102. The molecule has 1 aliphatic rings. The number of hydrogen-bond acceptors (Lipinski definition) is 5. The fourth-order valence-electron chi connectivity index (χ4n) is 2.51. The van der Waals surface area contributed by atoms with Crippen LogP contribution in [0.2, 0.25) is 0 Å². The molecular weight excluding hydrogens is 354 g/mol. The largest absolute Gasteiger partial charge is 0.379 e. The van der Waals surface area contributed by atoms with E-state index in [0.29, 0.717) is 11.3 Å². The number of nitriles is 1. The van der Waals surface area contributed by atoms with E-state index in [-0.39, 0.29) is 5.91 Å². The number of carbonyl (C=O) groups excluding carboxylic acids is 1. The zero-order valence-electron chi connectivity index (χ0n) is 15.3. The van der Waals surface area contributed by atoms with Gasteiger partial charge in [0.05, 0.1) is 30.5 Å². The molecule has 0 radical (unpaired) electrons. The van der Waals surface area contributed by atoms with Gasteiger partial charge in [0.2, 0.25) is 0 Å². The van der Waals surface area contributed by atoms with Gasteiger partial charge < -0.3 is 15.4 Å². The summed E-state index contributed by atoms with van der Waals surface area (Å²) in [7, 11) is 0. The Balaban J connectivity index is 0.000000320. The highest BCUT2D eigenvalue weighted by Gasteiger charge is 2.10. The number of rotatable bonds is 3. The Morgan fingerprint density at radius 3 is 2.36 bits per heavy atom. The SMILES string of the molecule is C1COCCN1.N#Cc1ccc(-n2ccc(C(=O)Nc3ccccc3)n2)cc1. The van der Waals surface area contributed by atoms with E-state index in [1.165, 1.54) is 0 Å². The predicted octanol–water partition coefficient (Wildman–Crippen LogP) is 2.60. The summed E-state index contributed by atoms with van der Waals surface area (Å²) in [5, 5.41) is 19.0. The molecule has 1 amide bonds. The van der Waals surface area contributed by atoms with Crippen LogP contribution in [0.5, 0.6) is 0 Å². The van der Waals surface area contributed by atoms with Crippen LogP contribution in [0.4, 0.5) is 5.69 Å². The molecule has 1 aliphatic heterocycles. The molecule has 142 valence electrons. The van der Waals surface area contributed by atoms with Crippen molar-refractivity contribution >= 4 is 11.6 Å². The number of hydrogen-bond donors (Lipinski definition) is 2. The van der Waals surface area contributed by atoms with Gasteiger partial charge in [-0.3, -0.25) is 4.79 Å². The van der Waals surface area contributed by atoms with Crippen molar-refractivity contribution < 1.29 is 9.53 Å². The number of para-hydroxylation sites is 1. The highest BCUT2D eigenvalue weighted by atomic mass is 16.5. The fraction of sp³-hybridized carbons (Fsp3) is 0.190. The Hall–Kier alpha value is -3.47. The van der Waals surface area contributed by atoms with E-state index in [1.807, 2.05) is 30.3 Å². The number of carbonyl (C=O) groups is 1. The van der Waals surface area contributed by atoms with Crippen molar-refractivity contribution in [3.05, 3.63) is 78.1 Å². The van der Waals surface area contributed by atoms with Crippen molar-refractivity contribution in [3.8, 4) is 11.8 Å². The number of nitrogens with zero attached hydrogens (tertiary/aromatic N) is 3. The van der Waals surface area contributed by atoms with Crippen molar-refractivity contribution in [2.24, 2.45) is 0 Å². The molecule has 4 rings (SSSR count). The van der Waals surface area contributed by atoms with Gasteiger partial charge in [-0.25, -0.2) is 4.68 Å². The Bertz CT molecular complexity index is 914. The molecule has 0 atom stereocenters. The van der Waals surface area contributed by atoms with Crippen LogP contribution in [0.25, 0.3) is 5.69 Å². The van der Waals surface area contributed by atoms with Gasteiger partial charge in [0, 0.05) is 25.0 Å². The molecule has 1 aromatic heterocycles. The van der Waals surface area contributed by atoms with Gasteiger partial charge in [-0.05, 0) is 42.5 Å². The minimum atomic E-state index is -0.265. The van der Waals surface area contributed by atoms with E-state index in [2.05, 4.69) is 21.8 Å². The number of ether oxygens (including phenoxy) is 1. The molecule has 7 nitrogen and oxygen atoms in total. The molecule has 0 spiro atoms. The zero-order chi connectivity index (χ0) is 19.6. The van der Waals surface area contributed by atoms with Crippen molar-refractivity contribution in [2.45, 2.75) is 0 Å². The van der Waals surface area contributed by atoms with Crippen LogP contribution in [-0.2, 0) is 4.74 Å². The number of nitrogens with one attached hydrogen (secondary N) is 2. The van der Waals surface area contributed by atoms with Crippen LogP contribution >= 0.6 is 0 Å². The van der Waals surface area contributed by atoms with Crippen LogP contribution in [0.3, 0.4) is 0 Å². The van der Waals surface area contributed by atoms with Gasteiger partial charge in [0.1, 0.15) is 0 Å². The first-order chi connectivity index (χ1) is 13.8. The van der Waals surface area contributed by atoms with Crippen molar-refractivity contribution in [2.75, 3.05) is 31.6 Å². The third-order valence-corrected chi connectivity index (χ3v) is 3.96. The number of morpholine rings is 1. The van der Waals surface area contributed by atoms with Crippen LogP contribution in [-0.4, -0.2) is 42.0 Å². The summed E-state index contributed by atoms with van der Waals surface area (Å²) in [5.74, 6) is -0.265. The second kappa shape index (κ2) is 10.0. The summed E-state index contributed by atoms with van der Waals surface area (Å²) in [6.07, 6.45) is 1.71. The minimum Gasteiger partial charge on any atom is -0.379 e. The third-order valence-electron chi connectivity index (χ3n) is 3.96. The van der Waals surface area contributed by atoms with Crippen LogP contribution in [0.15, 0.2) is 66.9 Å². The number of aromatic nitrogens is 2. The van der Waals surface area contributed by atoms with Gasteiger partial charge >= 0.3 is 0 Å². The molecule has 1 saturated heterocycles. The molecule has 0 aliphatic carbocycles. The zero-order valence-corrected chi connectivity index (χ0v) is 15.3. The second-order valence-electron chi connectivity index (χ2n) is 5.99. The molecule has 2 aromatic carbocycles. The molecule has 2 N–H and O–H groups in total. The van der Waals surface area contributed by atoms with E-state index in [4.69, 9.17) is 10.00 Å². The smallest absolute Gasteiger partial charge is 0.276 e. The third kappa shape index (κ3) is 5.51. The van der Waals surface area contributed by atoms with E-state index in [9.17, 15) is 4.79 Å². The normalized spacial score (nSPS) is 13.0. The first-order valence-electron chi connectivity index (χ1n) is 8.97. The summed E-state index contributed by atoms with van der Waals surface area (Å²) in [6, 6.07) is 19.9. The van der Waals surface area contributed by atoms with Crippen LogP contribution < -0.4 is 10.6 Å². The summed E-state index contributed by atoms with van der Waals surface area (Å²) >= 11 is 0. The topological polar surface area (TPSA) is 92.0 Å².